The number of carboxylic acid groups (broad SMARTS) is 1. The predicted octanol–water partition coefficient (Wildman–Crippen LogP) is 1.97. The number of amides is 1. The van der Waals surface area contributed by atoms with E-state index in [9.17, 15) is 9.59 Å². The van der Waals surface area contributed by atoms with Crippen molar-refractivity contribution < 1.29 is 14.7 Å². The quantitative estimate of drug-likeness (QED) is 0.854. The lowest BCUT2D eigenvalue weighted by molar-refractivity contribution is -0.152. The summed E-state index contributed by atoms with van der Waals surface area (Å²) in [6, 6.07) is 9.56. The Morgan fingerprint density at radius 2 is 1.83 bits per heavy atom. The smallest absolute Gasteiger partial charge is 0.307 e. The lowest BCUT2D eigenvalue weighted by Crippen LogP contribution is -2.44. The molecule has 1 amide bonds. The second-order valence-corrected chi connectivity index (χ2v) is 4.77. The van der Waals surface area contributed by atoms with Crippen LogP contribution in [0.15, 0.2) is 30.3 Å². The van der Waals surface area contributed by atoms with Crippen LogP contribution in [0.1, 0.15) is 31.4 Å². The molecule has 0 radical (unpaired) electrons. The molecule has 18 heavy (non-hydrogen) atoms. The Kier molecular flexibility index (Phi) is 3.65. The third kappa shape index (κ3) is 2.53. The van der Waals surface area contributed by atoms with Gasteiger partial charge in [0.1, 0.15) is 0 Å². The minimum atomic E-state index is -0.867. The normalized spacial score (nSPS) is 23.8. The van der Waals surface area contributed by atoms with E-state index in [0.717, 1.165) is 5.56 Å². The molecule has 0 bridgehead atoms. The summed E-state index contributed by atoms with van der Waals surface area (Å²) in [5.74, 6) is -1.89. The van der Waals surface area contributed by atoms with Crippen LogP contribution in [0.5, 0.6) is 0 Å². The predicted molar refractivity (Wildman–Crippen MR) is 66.8 cm³/mol. The topological polar surface area (TPSA) is 66.4 Å². The van der Waals surface area contributed by atoms with Gasteiger partial charge in [-0.15, -0.1) is 0 Å². The van der Waals surface area contributed by atoms with Crippen molar-refractivity contribution in [3.8, 4) is 0 Å². The van der Waals surface area contributed by atoms with Crippen LogP contribution >= 0.6 is 0 Å². The molecule has 3 atom stereocenters. The summed E-state index contributed by atoms with van der Waals surface area (Å²) < 4.78 is 0. The molecule has 1 fully saturated rings. The summed E-state index contributed by atoms with van der Waals surface area (Å²) in [7, 11) is 0. The maximum absolute atomic E-state index is 11.9. The van der Waals surface area contributed by atoms with Gasteiger partial charge in [-0.25, -0.2) is 0 Å². The zero-order valence-corrected chi connectivity index (χ0v) is 10.3. The number of nitrogens with one attached hydrogen (secondary N) is 1. The van der Waals surface area contributed by atoms with Crippen molar-refractivity contribution in [1.29, 1.82) is 0 Å². The van der Waals surface area contributed by atoms with Gasteiger partial charge in [0.25, 0.3) is 0 Å². The van der Waals surface area contributed by atoms with Crippen molar-refractivity contribution in [1.82, 2.24) is 5.32 Å². The molecule has 0 aliphatic heterocycles. The average Bonchev–Trinajstić information content (AvgIpc) is 2.27. The van der Waals surface area contributed by atoms with Crippen molar-refractivity contribution in [2.75, 3.05) is 0 Å². The first kappa shape index (κ1) is 12.6. The minimum Gasteiger partial charge on any atom is -0.481 e. The molecule has 1 aromatic carbocycles. The molecule has 0 aromatic heterocycles. The molecule has 1 aromatic rings. The van der Waals surface area contributed by atoms with E-state index in [1.54, 1.807) is 0 Å². The maximum Gasteiger partial charge on any atom is 0.307 e. The highest BCUT2D eigenvalue weighted by Crippen LogP contribution is 2.35. The first-order chi connectivity index (χ1) is 8.59. The fraction of sp³-hybridized carbons (Fsp3) is 0.429. The molecule has 0 spiro atoms. The van der Waals surface area contributed by atoms with Gasteiger partial charge in [-0.3, -0.25) is 9.59 Å². The van der Waals surface area contributed by atoms with Crippen LogP contribution in [0.4, 0.5) is 0 Å². The Labute approximate surface area is 106 Å². The lowest BCUT2D eigenvalue weighted by Gasteiger charge is -2.33. The molecule has 96 valence electrons. The van der Waals surface area contributed by atoms with Gasteiger partial charge in [0.05, 0.1) is 17.9 Å². The summed E-state index contributed by atoms with van der Waals surface area (Å²) in [4.78, 5) is 22.8. The summed E-state index contributed by atoms with van der Waals surface area (Å²) in [6.45, 7) is 1.90. The highest BCUT2D eigenvalue weighted by Gasteiger charge is 2.41. The van der Waals surface area contributed by atoms with Gasteiger partial charge in [0, 0.05) is 0 Å². The van der Waals surface area contributed by atoms with Crippen molar-refractivity contribution >= 4 is 11.9 Å². The number of hydrogen-bond acceptors (Lipinski definition) is 2. The van der Waals surface area contributed by atoms with Gasteiger partial charge >= 0.3 is 5.97 Å². The Morgan fingerprint density at radius 1 is 1.22 bits per heavy atom. The molecule has 0 heterocycles. The van der Waals surface area contributed by atoms with Crippen molar-refractivity contribution in [2.45, 2.75) is 25.8 Å². The van der Waals surface area contributed by atoms with E-state index in [0.29, 0.717) is 12.8 Å². The van der Waals surface area contributed by atoms with Crippen LogP contribution in [0.25, 0.3) is 0 Å². The van der Waals surface area contributed by atoms with Gasteiger partial charge in [0.15, 0.2) is 0 Å². The van der Waals surface area contributed by atoms with Gasteiger partial charge in [0.2, 0.25) is 5.91 Å². The third-order valence-corrected chi connectivity index (χ3v) is 3.59. The first-order valence-corrected chi connectivity index (χ1v) is 6.17. The van der Waals surface area contributed by atoms with E-state index in [1.807, 2.05) is 37.3 Å². The summed E-state index contributed by atoms with van der Waals surface area (Å²) in [6.07, 6.45) is 1.28. The van der Waals surface area contributed by atoms with Gasteiger partial charge < -0.3 is 10.4 Å². The molecule has 0 saturated heterocycles. The third-order valence-electron chi connectivity index (χ3n) is 3.59. The maximum atomic E-state index is 11.9. The molecule has 2 N–H and O–H groups in total. The minimum absolute atomic E-state index is 0.0891. The summed E-state index contributed by atoms with van der Waals surface area (Å²) >= 11 is 0. The average molecular weight is 247 g/mol. The van der Waals surface area contributed by atoms with Crippen molar-refractivity contribution in [3.05, 3.63) is 35.9 Å². The first-order valence-electron chi connectivity index (χ1n) is 6.17. The van der Waals surface area contributed by atoms with Crippen LogP contribution in [0, 0.1) is 11.8 Å². The van der Waals surface area contributed by atoms with Gasteiger partial charge in [-0.05, 0) is 25.3 Å². The SMILES string of the molecule is CC(NC(=O)C1CCC1C(=O)O)c1ccccc1. The second-order valence-electron chi connectivity index (χ2n) is 4.77. The Hall–Kier alpha value is -1.84. The van der Waals surface area contributed by atoms with Crippen LogP contribution in [-0.2, 0) is 9.59 Å². The van der Waals surface area contributed by atoms with Crippen molar-refractivity contribution in [3.63, 3.8) is 0 Å². The highest BCUT2D eigenvalue weighted by atomic mass is 16.4. The zero-order valence-electron chi connectivity index (χ0n) is 10.3. The zero-order chi connectivity index (χ0) is 13.1. The van der Waals surface area contributed by atoms with Crippen LogP contribution in [0.3, 0.4) is 0 Å². The second kappa shape index (κ2) is 5.21. The summed E-state index contributed by atoms with van der Waals surface area (Å²) in [5, 5.41) is 11.8. The van der Waals surface area contributed by atoms with Gasteiger partial charge in [-0.2, -0.15) is 0 Å². The van der Waals surface area contributed by atoms with Crippen LogP contribution in [0.2, 0.25) is 0 Å². The number of carbonyl (C=O) groups is 2. The summed E-state index contributed by atoms with van der Waals surface area (Å²) in [5.41, 5.74) is 1.03. The van der Waals surface area contributed by atoms with Crippen LogP contribution < -0.4 is 5.32 Å². The van der Waals surface area contributed by atoms with Gasteiger partial charge in [-0.1, -0.05) is 30.3 Å². The Balaban J connectivity index is 1.94. The van der Waals surface area contributed by atoms with E-state index in [4.69, 9.17) is 5.11 Å². The molecule has 1 aliphatic rings. The number of hydrogen-bond donors (Lipinski definition) is 2. The molecule has 1 aliphatic carbocycles. The van der Waals surface area contributed by atoms with E-state index >= 15 is 0 Å². The fourth-order valence-corrected chi connectivity index (χ4v) is 2.25. The Bertz CT molecular complexity index is 444. The number of benzene rings is 1. The number of carboxylic acids is 1. The molecule has 4 nitrogen and oxygen atoms in total. The molecular formula is C14H17NO3. The molecule has 3 unspecified atom stereocenters. The number of aliphatic carboxylic acids is 1. The largest absolute Gasteiger partial charge is 0.481 e. The molecule has 4 heteroatoms. The standard InChI is InChI=1S/C14H17NO3/c1-9(10-5-3-2-4-6-10)15-13(16)11-7-8-12(11)14(17)18/h2-6,9,11-12H,7-8H2,1H3,(H,15,16)(H,17,18). The number of rotatable bonds is 4. The molecule has 1 saturated carbocycles. The van der Waals surface area contributed by atoms with Crippen LogP contribution in [-0.4, -0.2) is 17.0 Å². The van der Waals surface area contributed by atoms with E-state index in [1.165, 1.54) is 0 Å². The van der Waals surface area contributed by atoms with E-state index in [-0.39, 0.29) is 17.9 Å². The van der Waals surface area contributed by atoms with Crippen molar-refractivity contribution in [2.24, 2.45) is 11.8 Å². The monoisotopic (exact) mass is 247 g/mol. The fourth-order valence-electron chi connectivity index (χ4n) is 2.25. The Morgan fingerprint density at radius 3 is 2.33 bits per heavy atom. The molecule has 2 rings (SSSR count). The van der Waals surface area contributed by atoms with E-state index < -0.39 is 11.9 Å². The van der Waals surface area contributed by atoms with E-state index in [2.05, 4.69) is 5.32 Å². The highest BCUT2D eigenvalue weighted by molar-refractivity contribution is 5.86. The lowest BCUT2D eigenvalue weighted by atomic mass is 9.73. The number of carbonyl (C=O) groups excluding carboxylic acids is 1. The molecular weight excluding hydrogens is 230 g/mol.